The van der Waals surface area contributed by atoms with Gasteiger partial charge in [-0.1, -0.05) is 48.5 Å². The molecule has 14 heavy (non-hydrogen) atoms. The Labute approximate surface area is 89.3 Å². The van der Waals surface area contributed by atoms with Crippen LogP contribution >= 0.6 is 0 Å². The fourth-order valence-corrected chi connectivity index (χ4v) is 1.77. The van der Waals surface area contributed by atoms with Gasteiger partial charge in [0.25, 0.3) is 0 Å². The molecule has 0 fully saturated rings. The Morgan fingerprint density at radius 1 is 1.07 bits per heavy atom. The summed E-state index contributed by atoms with van der Waals surface area (Å²) in [6.45, 7) is 14.8. The quantitative estimate of drug-likeness (QED) is 0.668. The van der Waals surface area contributed by atoms with E-state index in [4.69, 9.17) is 0 Å². The first-order valence-electron chi connectivity index (χ1n) is 5.62. The normalized spacial score (nSPS) is 15.4. The number of rotatable bonds is 3. The summed E-state index contributed by atoms with van der Waals surface area (Å²) in [5.41, 5.74) is 0.0630. The van der Waals surface area contributed by atoms with E-state index in [1.54, 1.807) is 0 Å². The van der Waals surface area contributed by atoms with Gasteiger partial charge in [0.2, 0.25) is 0 Å². The molecule has 0 aliphatic heterocycles. The molecule has 0 amide bonds. The molecule has 1 atom stereocenters. The molecule has 0 bridgehead atoms. The van der Waals surface area contributed by atoms with Gasteiger partial charge in [-0.3, -0.25) is 4.79 Å². The Hall–Kier alpha value is -0.330. The SMILES string of the molecule is CCC(CC(C)(C)C)C(=O)C(C)(C)C. The smallest absolute Gasteiger partial charge is 0.141 e. The topological polar surface area (TPSA) is 17.1 Å². The van der Waals surface area contributed by atoms with Crippen LogP contribution in [0, 0.1) is 16.7 Å². The van der Waals surface area contributed by atoms with Crippen LogP contribution in [-0.4, -0.2) is 5.78 Å². The van der Waals surface area contributed by atoms with Gasteiger partial charge in [-0.05, 0) is 18.3 Å². The Morgan fingerprint density at radius 2 is 1.50 bits per heavy atom. The van der Waals surface area contributed by atoms with Crippen LogP contribution in [0.1, 0.15) is 61.3 Å². The number of carbonyl (C=O) groups excluding carboxylic acids is 1. The molecule has 0 radical (unpaired) electrons. The van der Waals surface area contributed by atoms with Crippen LogP contribution in [0.5, 0.6) is 0 Å². The second-order valence-corrected chi connectivity index (χ2v) is 6.48. The van der Waals surface area contributed by atoms with Crippen molar-refractivity contribution in [2.75, 3.05) is 0 Å². The maximum atomic E-state index is 12.1. The predicted octanol–water partition coefficient (Wildman–Crippen LogP) is 4.06. The molecular weight excluding hydrogens is 172 g/mol. The fourth-order valence-electron chi connectivity index (χ4n) is 1.77. The standard InChI is InChI=1S/C13H26O/c1-8-10(9-12(2,3)4)11(14)13(5,6)7/h10H,8-9H2,1-7H3. The van der Waals surface area contributed by atoms with Crippen LogP contribution in [-0.2, 0) is 4.79 Å². The van der Waals surface area contributed by atoms with Crippen molar-refractivity contribution in [3.8, 4) is 0 Å². The van der Waals surface area contributed by atoms with Gasteiger partial charge < -0.3 is 0 Å². The van der Waals surface area contributed by atoms with Crippen LogP contribution in [0.15, 0.2) is 0 Å². The molecule has 0 spiro atoms. The highest BCUT2D eigenvalue weighted by Crippen LogP contribution is 2.31. The van der Waals surface area contributed by atoms with E-state index in [1.807, 2.05) is 20.8 Å². The van der Waals surface area contributed by atoms with Gasteiger partial charge in [0.05, 0.1) is 0 Å². The Bertz CT molecular complexity index is 190. The molecule has 0 rings (SSSR count). The van der Waals surface area contributed by atoms with Crippen LogP contribution < -0.4 is 0 Å². The summed E-state index contributed by atoms with van der Waals surface area (Å²) in [5.74, 6) is 0.643. The Kier molecular flexibility index (Phi) is 4.35. The van der Waals surface area contributed by atoms with Gasteiger partial charge in [-0.2, -0.15) is 0 Å². The lowest BCUT2D eigenvalue weighted by Crippen LogP contribution is -2.30. The first-order valence-corrected chi connectivity index (χ1v) is 5.62. The monoisotopic (exact) mass is 198 g/mol. The van der Waals surface area contributed by atoms with Crippen molar-refractivity contribution in [2.24, 2.45) is 16.7 Å². The summed E-state index contributed by atoms with van der Waals surface area (Å²) in [7, 11) is 0. The molecule has 0 aliphatic carbocycles. The van der Waals surface area contributed by atoms with Crippen molar-refractivity contribution in [1.82, 2.24) is 0 Å². The molecule has 0 saturated carbocycles. The first-order chi connectivity index (χ1) is 6.08. The van der Waals surface area contributed by atoms with E-state index in [-0.39, 0.29) is 16.7 Å². The number of carbonyl (C=O) groups is 1. The van der Waals surface area contributed by atoms with Gasteiger partial charge in [0.15, 0.2) is 0 Å². The highest BCUT2D eigenvalue weighted by Gasteiger charge is 2.30. The highest BCUT2D eigenvalue weighted by atomic mass is 16.1. The number of hydrogen-bond donors (Lipinski definition) is 0. The van der Waals surface area contributed by atoms with Crippen molar-refractivity contribution in [3.63, 3.8) is 0 Å². The minimum atomic E-state index is -0.189. The third-order valence-corrected chi connectivity index (χ3v) is 2.46. The van der Waals surface area contributed by atoms with Gasteiger partial charge >= 0.3 is 0 Å². The molecule has 1 heteroatoms. The molecule has 1 nitrogen and oxygen atoms in total. The molecule has 0 aliphatic rings. The van der Waals surface area contributed by atoms with Crippen LogP contribution in [0.2, 0.25) is 0 Å². The molecular formula is C13H26O. The third kappa shape index (κ3) is 4.78. The molecule has 0 aromatic rings. The minimum absolute atomic E-state index is 0.189. The number of hydrogen-bond acceptors (Lipinski definition) is 1. The van der Waals surface area contributed by atoms with E-state index in [1.165, 1.54) is 0 Å². The lowest BCUT2D eigenvalue weighted by atomic mass is 9.75. The second-order valence-electron chi connectivity index (χ2n) is 6.48. The van der Waals surface area contributed by atoms with E-state index in [0.717, 1.165) is 12.8 Å². The third-order valence-electron chi connectivity index (χ3n) is 2.46. The maximum Gasteiger partial charge on any atom is 0.141 e. The van der Waals surface area contributed by atoms with Crippen LogP contribution in [0.25, 0.3) is 0 Å². The van der Waals surface area contributed by atoms with E-state index in [0.29, 0.717) is 5.78 Å². The van der Waals surface area contributed by atoms with Crippen LogP contribution in [0.4, 0.5) is 0 Å². The summed E-state index contributed by atoms with van der Waals surface area (Å²) in [5, 5.41) is 0. The van der Waals surface area contributed by atoms with E-state index >= 15 is 0 Å². The summed E-state index contributed by atoms with van der Waals surface area (Å²) in [6, 6.07) is 0. The molecule has 0 aromatic heterocycles. The maximum absolute atomic E-state index is 12.1. The van der Waals surface area contributed by atoms with Crippen molar-refractivity contribution in [1.29, 1.82) is 0 Å². The van der Waals surface area contributed by atoms with Gasteiger partial charge in [0.1, 0.15) is 5.78 Å². The van der Waals surface area contributed by atoms with Gasteiger partial charge in [-0.25, -0.2) is 0 Å². The Morgan fingerprint density at radius 3 is 1.71 bits per heavy atom. The van der Waals surface area contributed by atoms with Crippen molar-refractivity contribution in [3.05, 3.63) is 0 Å². The largest absolute Gasteiger partial charge is 0.299 e. The number of Topliss-reactive ketones (excluding diaryl/α,β-unsaturated/α-hetero) is 1. The average molecular weight is 198 g/mol. The zero-order chi connectivity index (χ0) is 11.6. The molecule has 0 heterocycles. The van der Waals surface area contributed by atoms with Gasteiger partial charge in [0, 0.05) is 11.3 Å². The lowest BCUT2D eigenvalue weighted by molar-refractivity contribution is -0.131. The van der Waals surface area contributed by atoms with E-state index in [2.05, 4.69) is 27.7 Å². The van der Waals surface area contributed by atoms with Crippen molar-refractivity contribution in [2.45, 2.75) is 61.3 Å². The van der Waals surface area contributed by atoms with E-state index < -0.39 is 0 Å². The highest BCUT2D eigenvalue weighted by molar-refractivity contribution is 5.85. The predicted molar refractivity (Wildman–Crippen MR) is 62.3 cm³/mol. The minimum Gasteiger partial charge on any atom is -0.299 e. The van der Waals surface area contributed by atoms with Crippen molar-refractivity contribution < 1.29 is 4.79 Å². The molecule has 0 N–H and O–H groups in total. The lowest BCUT2D eigenvalue weighted by Gasteiger charge is -2.29. The zero-order valence-electron chi connectivity index (χ0n) is 10.9. The number of ketones is 1. The van der Waals surface area contributed by atoms with Crippen molar-refractivity contribution >= 4 is 5.78 Å². The summed E-state index contributed by atoms with van der Waals surface area (Å²) in [4.78, 5) is 12.1. The Balaban J connectivity index is 4.51. The summed E-state index contributed by atoms with van der Waals surface area (Å²) in [6.07, 6.45) is 1.97. The fraction of sp³-hybridized carbons (Fsp3) is 0.923. The summed E-state index contributed by atoms with van der Waals surface area (Å²) < 4.78 is 0. The summed E-state index contributed by atoms with van der Waals surface area (Å²) >= 11 is 0. The van der Waals surface area contributed by atoms with Gasteiger partial charge in [-0.15, -0.1) is 0 Å². The molecule has 1 unspecified atom stereocenters. The van der Waals surface area contributed by atoms with E-state index in [9.17, 15) is 4.79 Å². The van der Waals surface area contributed by atoms with Crippen LogP contribution in [0.3, 0.4) is 0 Å². The average Bonchev–Trinajstić information content (AvgIpc) is 1.95. The zero-order valence-corrected chi connectivity index (χ0v) is 10.9. The second kappa shape index (κ2) is 4.46. The molecule has 0 saturated heterocycles. The molecule has 84 valence electrons. The molecule has 0 aromatic carbocycles. The first kappa shape index (κ1) is 13.7.